The smallest absolute Gasteiger partial charge is 0.327 e. The molecule has 2 rings (SSSR count). The third-order valence-corrected chi connectivity index (χ3v) is 2.30. The van der Waals surface area contributed by atoms with E-state index in [2.05, 4.69) is 15.4 Å². The molecule has 0 amide bonds. The first-order valence-electron chi connectivity index (χ1n) is 5.36. The van der Waals surface area contributed by atoms with Crippen molar-refractivity contribution >= 4 is 5.97 Å². The Morgan fingerprint density at radius 1 is 1.39 bits per heavy atom. The number of carbonyl (C=O) groups is 1. The second-order valence-corrected chi connectivity index (χ2v) is 3.76. The van der Waals surface area contributed by atoms with Gasteiger partial charge in [-0.1, -0.05) is 12.1 Å². The van der Waals surface area contributed by atoms with Crippen LogP contribution in [-0.4, -0.2) is 31.3 Å². The fourth-order valence-electron chi connectivity index (χ4n) is 1.51. The summed E-state index contributed by atoms with van der Waals surface area (Å²) < 4.78 is 12.9. The number of tetrazole rings is 1. The van der Waals surface area contributed by atoms with E-state index < -0.39 is 5.97 Å². The van der Waals surface area contributed by atoms with Crippen LogP contribution in [-0.2, 0) is 24.2 Å². The number of aliphatic carboxylic acids is 1. The Balaban J connectivity index is 1.94. The van der Waals surface area contributed by atoms with E-state index in [0.29, 0.717) is 18.7 Å². The first-order valence-corrected chi connectivity index (χ1v) is 5.36. The normalized spacial score (nSPS) is 10.5. The lowest BCUT2D eigenvalue weighted by atomic mass is 10.1. The summed E-state index contributed by atoms with van der Waals surface area (Å²) in [5.41, 5.74) is 0.838. The molecule has 0 atom stereocenters. The maximum atomic E-state index is 12.9. The standard InChI is InChI=1S/C11H11FN4O2/c12-9-3-1-2-8(6-9)4-5-10-13-15-16(14-10)7-11(17)18/h1-3,6H,4-5,7H2,(H,17,18). The molecule has 1 aromatic heterocycles. The molecule has 0 saturated heterocycles. The lowest BCUT2D eigenvalue weighted by molar-refractivity contribution is -0.138. The minimum atomic E-state index is -1.02. The van der Waals surface area contributed by atoms with E-state index in [-0.39, 0.29) is 12.4 Å². The van der Waals surface area contributed by atoms with Gasteiger partial charge in [0.2, 0.25) is 0 Å². The summed E-state index contributed by atoms with van der Waals surface area (Å²) >= 11 is 0. The van der Waals surface area contributed by atoms with E-state index in [1.165, 1.54) is 12.1 Å². The minimum absolute atomic E-state index is 0.282. The topological polar surface area (TPSA) is 80.9 Å². The lowest BCUT2D eigenvalue weighted by Gasteiger charge is -1.98. The number of nitrogens with zero attached hydrogens (tertiary/aromatic N) is 4. The highest BCUT2D eigenvalue weighted by Gasteiger charge is 2.06. The van der Waals surface area contributed by atoms with Gasteiger partial charge < -0.3 is 5.11 Å². The van der Waals surface area contributed by atoms with Crippen LogP contribution in [0.5, 0.6) is 0 Å². The van der Waals surface area contributed by atoms with Crippen LogP contribution in [0.1, 0.15) is 11.4 Å². The Morgan fingerprint density at radius 3 is 2.94 bits per heavy atom. The van der Waals surface area contributed by atoms with Gasteiger partial charge in [0.05, 0.1) is 0 Å². The molecule has 1 aromatic carbocycles. The second-order valence-electron chi connectivity index (χ2n) is 3.76. The van der Waals surface area contributed by atoms with Crippen LogP contribution in [0.25, 0.3) is 0 Å². The molecule has 0 bridgehead atoms. The monoisotopic (exact) mass is 250 g/mol. The quantitative estimate of drug-likeness (QED) is 0.844. The Hall–Kier alpha value is -2.31. The zero-order valence-electron chi connectivity index (χ0n) is 9.45. The van der Waals surface area contributed by atoms with Crippen molar-refractivity contribution in [2.24, 2.45) is 0 Å². The molecule has 0 aliphatic heterocycles. The first kappa shape index (κ1) is 12.2. The molecule has 0 unspecified atom stereocenters. The molecule has 0 fully saturated rings. The van der Waals surface area contributed by atoms with Gasteiger partial charge in [0.15, 0.2) is 12.4 Å². The van der Waals surface area contributed by atoms with Crippen LogP contribution in [0.4, 0.5) is 4.39 Å². The number of hydrogen-bond donors (Lipinski definition) is 1. The zero-order chi connectivity index (χ0) is 13.0. The summed E-state index contributed by atoms with van der Waals surface area (Å²) in [5.74, 6) is -0.861. The molecule has 0 aliphatic carbocycles. The number of aryl methyl sites for hydroxylation is 2. The summed E-state index contributed by atoms with van der Waals surface area (Å²) in [4.78, 5) is 11.4. The minimum Gasteiger partial charge on any atom is -0.480 e. The average Bonchev–Trinajstić information content (AvgIpc) is 2.73. The molecule has 1 N–H and O–H groups in total. The number of aromatic nitrogens is 4. The number of halogens is 1. The van der Waals surface area contributed by atoms with Gasteiger partial charge in [0.1, 0.15) is 5.82 Å². The molecule has 0 saturated carbocycles. The predicted molar refractivity (Wildman–Crippen MR) is 59.3 cm³/mol. The van der Waals surface area contributed by atoms with Crippen molar-refractivity contribution in [2.45, 2.75) is 19.4 Å². The van der Waals surface area contributed by atoms with Gasteiger partial charge in [0, 0.05) is 6.42 Å². The maximum absolute atomic E-state index is 12.9. The molecule has 0 spiro atoms. The van der Waals surface area contributed by atoms with Crippen LogP contribution in [0.2, 0.25) is 0 Å². The highest BCUT2D eigenvalue weighted by atomic mass is 19.1. The van der Waals surface area contributed by atoms with Crippen molar-refractivity contribution in [1.29, 1.82) is 0 Å². The Labute approximate surface area is 102 Å². The fourth-order valence-corrected chi connectivity index (χ4v) is 1.51. The van der Waals surface area contributed by atoms with Crippen molar-refractivity contribution < 1.29 is 14.3 Å². The van der Waals surface area contributed by atoms with E-state index in [9.17, 15) is 9.18 Å². The van der Waals surface area contributed by atoms with Crippen LogP contribution in [0, 0.1) is 5.82 Å². The molecule has 6 nitrogen and oxygen atoms in total. The third kappa shape index (κ3) is 3.34. The largest absolute Gasteiger partial charge is 0.480 e. The average molecular weight is 250 g/mol. The third-order valence-electron chi connectivity index (χ3n) is 2.30. The summed E-state index contributed by atoms with van der Waals surface area (Å²) in [5, 5.41) is 19.8. The summed E-state index contributed by atoms with van der Waals surface area (Å²) in [6, 6.07) is 6.27. The van der Waals surface area contributed by atoms with Crippen LogP contribution >= 0.6 is 0 Å². The number of benzene rings is 1. The van der Waals surface area contributed by atoms with E-state index in [4.69, 9.17) is 5.11 Å². The van der Waals surface area contributed by atoms with Crippen molar-refractivity contribution in [2.75, 3.05) is 0 Å². The van der Waals surface area contributed by atoms with Gasteiger partial charge in [-0.3, -0.25) is 4.79 Å². The van der Waals surface area contributed by atoms with Crippen molar-refractivity contribution in [3.05, 3.63) is 41.5 Å². The molecule has 2 aromatic rings. The number of carboxylic acid groups (broad SMARTS) is 1. The predicted octanol–water partition coefficient (Wildman–Crippen LogP) is 0.682. The van der Waals surface area contributed by atoms with Crippen LogP contribution in [0.3, 0.4) is 0 Å². The summed E-state index contributed by atoms with van der Waals surface area (Å²) in [7, 11) is 0. The zero-order valence-corrected chi connectivity index (χ0v) is 9.45. The maximum Gasteiger partial charge on any atom is 0.327 e. The van der Waals surface area contributed by atoms with Crippen LogP contribution < -0.4 is 0 Å². The van der Waals surface area contributed by atoms with Crippen molar-refractivity contribution in [1.82, 2.24) is 20.2 Å². The second kappa shape index (κ2) is 5.35. The van der Waals surface area contributed by atoms with E-state index >= 15 is 0 Å². The molecule has 94 valence electrons. The van der Waals surface area contributed by atoms with E-state index in [1.54, 1.807) is 6.07 Å². The van der Waals surface area contributed by atoms with Gasteiger partial charge in [-0.2, -0.15) is 4.80 Å². The number of hydrogen-bond acceptors (Lipinski definition) is 4. The molecule has 0 aliphatic rings. The lowest BCUT2D eigenvalue weighted by Crippen LogP contribution is -2.11. The van der Waals surface area contributed by atoms with Gasteiger partial charge in [0.25, 0.3) is 0 Å². The van der Waals surface area contributed by atoms with Gasteiger partial charge in [-0.25, -0.2) is 4.39 Å². The van der Waals surface area contributed by atoms with Gasteiger partial charge in [-0.05, 0) is 29.3 Å². The molecule has 7 heteroatoms. The SMILES string of the molecule is O=C(O)Cn1nnc(CCc2cccc(F)c2)n1. The molecule has 1 heterocycles. The first-order chi connectivity index (χ1) is 8.63. The summed E-state index contributed by atoms with van der Waals surface area (Å²) in [6.45, 7) is -0.313. The van der Waals surface area contributed by atoms with Crippen molar-refractivity contribution in [3.8, 4) is 0 Å². The fraction of sp³-hybridized carbons (Fsp3) is 0.273. The van der Waals surface area contributed by atoms with Gasteiger partial charge in [-0.15, -0.1) is 10.2 Å². The Morgan fingerprint density at radius 2 is 2.22 bits per heavy atom. The molecular weight excluding hydrogens is 239 g/mol. The molecule has 0 radical (unpaired) electrons. The van der Waals surface area contributed by atoms with E-state index in [1.807, 2.05) is 6.07 Å². The van der Waals surface area contributed by atoms with Gasteiger partial charge >= 0.3 is 5.97 Å². The number of carboxylic acids is 1. The Bertz CT molecular complexity index is 555. The van der Waals surface area contributed by atoms with E-state index in [0.717, 1.165) is 10.4 Å². The van der Waals surface area contributed by atoms with Crippen LogP contribution in [0.15, 0.2) is 24.3 Å². The molecule has 18 heavy (non-hydrogen) atoms. The number of rotatable bonds is 5. The highest BCUT2D eigenvalue weighted by Crippen LogP contribution is 2.06. The molecular formula is C11H11FN4O2. The summed E-state index contributed by atoms with van der Waals surface area (Å²) in [6.07, 6.45) is 1.07. The van der Waals surface area contributed by atoms with Crippen molar-refractivity contribution in [3.63, 3.8) is 0 Å². The highest BCUT2D eigenvalue weighted by molar-refractivity contribution is 5.66. The Kier molecular flexibility index (Phi) is 3.61.